The fourth-order valence-electron chi connectivity index (χ4n) is 9.98. The zero-order chi connectivity index (χ0) is 49.1. The number of aromatic nitrogens is 3. The van der Waals surface area contributed by atoms with Gasteiger partial charge in [-0.1, -0.05) is 142 Å². The highest BCUT2D eigenvalue weighted by Gasteiger charge is 2.19. The summed E-state index contributed by atoms with van der Waals surface area (Å²) >= 11 is 0. The van der Waals surface area contributed by atoms with E-state index in [0.717, 1.165) is 23.5 Å². The molecule has 6 aromatic carbocycles. The molecule has 0 unspecified atom stereocenters. The maximum atomic E-state index is 13.0. The quantitative estimate of drug-likeness (QED) is 0.128. The zero-order valence-corrected chi connectivity index (χ0v) is 42.5. The Morgan fingerprint density at radius 3 is 1.26 bits per heavy atom. The lowest BCUT2D eigenvalue weighted by molar-refractivity contribution is -0.660. The molecule has 0 bridgehead atoms. The Morgan fingerprint density at radius 1 is 0.429 bits per heavy atom. The molecule has 1 fully saturated rings. The van der Waals surface area contributed by atoms with E-state index >= 15 is 0 Å². The van der Waals surface area contributed by atoms with E-state index in [1.54, 1.807) is 12.1 Å². The molecule has 0 saturated heterocycles. The van der Waals surface area contributed by atoms with Gasteiger partial charge in [-0.2, -0.15) is 0 Å². The van der Waals surface area contributed by atoms with Crippen LogP contribution in [0.5, 0.6) is 0 Å². The summed E-state index contributed by atoms with van der Waals surface area (Å²) in [6, 6.07) is 63.3. The number of hydrogen-bond donors (Lipinski definition) is 0. The molecule has 0 aliphatic heterocycles. The van der Waals surface area contributed by atoms with Crippen LogP contribution >= 0.6 is 0 Å². The number of benzene rings is 6. The first-order valence-electron chi connectivity index (χ1n) is 25.0. The zero-order valence-electron chi connectivity index (χ0n) is 42.5. The maximum absolute atomic E-state index is 13.0. The van der Waals surface area contributed by atoms with Crippen molar-refractivity contribution in [2.75, 3.05) is 0 Å². The highest BCUT2D eigenvalue weighted by atomic mass is 19.1. The largest absolute Gasteiger partial charge is 0.212 e. The van der Waals surface area contributed by atoms with E-state index in [1.807, 2.05) is 13.1 Å². The van der Waals surface area contributed by atoms with Gasteiger partial charge in [0, 0.05) is 51.6 Å². The van der Waals surface area contributed by atoms with Gasteiger partial charge in [0.2, 0.25) is 17.1 Å². The van der Waals surface area contributed by atoms with Crippen LogP contribution in [0.25, 0.3) is 67.2 Å². The summed E-state index contributed by atoms with van der Waals surface area (Å²) in [5.74, 6) is 1.24. The maximum Gasteiger partial charge on any atom is 0.212 e. The Bertz CT molecular complexity index is 3200. The molecular weight excluding hydrogens is 854 g/mol. The summed E-state index contributed by atoms with van der Waals surface area (Å²) < 4.78 is 19.6. The molecule has 70 heavy (non-hydrogen) atoms. The fraction of sp³-hybridized carbons (Fsp3) is 0.227. The molecule has 3 heterocycles. The first-order chi connectivity index (χ1) is 33.9. The summed E-state index contributed by atoms with van der Waals surface area (Å²) in [7, 11) is 6.31. The average Bonchev–Trinajstić information content (AvgIpc) is 3.91. The molecular formula is C66H69FN3+3. The minimum atomic E-state index is -0.209. The minimum Gasteiger partial charge on any atom is -0.207 e. The van der Waals surface area contributed by atoms with E-state index in [1.165, 1.54) is 122 Å². The van der Waals surface area contributed by atoms with Gasteiger partial charge in [0.1, 0.15) is 27.0 Å². The second kappa shape index (κ2) is 22.9. The number of hydrogen-bond acceptors (Lipinski definition) is 0. The Labute approximate surface area is 417 Å². The summed E-state index contributed by atoms with van der Waals surface area (Å²) in [5, 5.41) is 0. The number of halogens is 1. The summed E-state index contributed by atoms with van der Waals surface area (Å²) in [5.41, 5.74) is 21.6. The van der Waals surface area contributed by atoms with Crippen LogP contribution in [-0.4, -0.2) is 0 Å². The van der Waals surface area contributed by atoms with Crippen LogP contribution in [0.15, 0.2) is 201 Å². The predicted octanol–water partition coefficient (Wildman–Crippen LogP) is 15.5. The van der Waals surface area contributed by atoms with Gasteiger partial charge in [0.05, 0.1) is 0 Å². The van der Waals surface area contributed by atoms with Crippen molar-refractivity contribution < 1.29 is 18.1 Å². The van der Waals surface area contributed by atoms with Crippen LogP contribution < -0.4 is 13.7 Å². The van der Waals surface area contributed by atoms with Crippen molar-refractivity contribution in [1.82, 2.24) is 0 Å². The molecule has 0 N–H and O–H groups in total. The van der Waals surface area contributed by atoms with Crippen molar-refractivity contribution in [3.05, 3.63) is 234 Å². The lowest BCUT2D eigenvalue weighted by Gasteiger charge is -2.11. The van der Waals surface area contributed by atoms with E-state index in [9.17, 15) is 4.39 Å². The molecule has 1 saturated carbocycles. The second-order valence-corrected chi connectivity index (χ2v) is 19.6. The molecule has 4 heteroatoms. The molecule has 3 nitrogen and oxygen atoms in total. The van der Waals surface area contributed by atoms with Crippen molar-refractivity contribution in [2.24, 2.45) is 27.1 Å². The van der Waals surface area contributed by atoms with Gasteiger partial charge in [-0.05, 0) is 145 Å². The van der Waals surface area contributed by atoms with Gasteiger partial charge in [-0.3, -0.25) is 0 Å². The Balaban J connectivity index is 0.000000142. The standard InChI is InChI=1S/C24H26N.C23H26N.C19H17FN/c1-18-8-3-6-13-23(18)24-15-14-22(17-25(24)2)21-12-7-11-20(16-21)19-9-4-5-10-19;1-17(2)14-19-9-7-10-20(15-19)21-12-13-23(24(4)16-21)22-11-6-5-8-18(22)3;1-14-5-3-4-6-18(14)19-12-9-16(13-21(19)2)15-7-10-17(20)11-8-15/h3,6-8,11-17,19H,4-5,9-10H2,1-2H3;5-13,15-17H,14H2,1-4H3;3-13H,1-2H3/q3*+1. The topological polar surface area (TPSA) is 11.6 Å². The molecule has 9 aromatic rings. The van der Waals surface area contributed by atoms with Gasteiger partial charge < -0.3 is 0 Å². The van der Waals surface area contributed by atoms with Crippen LogP contribution in [0.3, 0.4) is 0 Å². The van der Waals surface area contributed by atoms with Gasteiger partial charge in [-0.15, -0.1) is 0 Å². The third-order valence-electron chi connectivity index (χ3n) is 13.8. The van der Waals surface area contributed by atoms with Crippen LogP contribution in [0.4, 0.5) is 4.39 Å². The third kappa shape index (κ3) is 12.1. The van der Waals surface area contributed by atoms with Crippen LogP contribution in [-0.2, 0) is 27.6 Å². The van der Waals surface area contributed by atoms with Crippen LogP contribution in [0.1, 0.15) is 73.3 Å². The van der Waals surface area contributed by atoms with Crippen LogP contribution in [0.2, 0.25) is 0 Å². The Morgan fingerprint density at radius 2 is 0.829 bits per heavy atom. The fourth-order valence-corrected chi connectivity index (χ4v) is 9.98. The first kappa shape index (κ1) is 49.1. The third-order valence-corrected chi connectivity index (χ3v) is 13.8. The molecule has 0 radical (unpaired) electrons. The Hall–Kier alpha value is -7.30. The number of rotatable bonds is 9. The highest BCUT2D eigenvalue weighted by Crippen LogP contribution is 2.36. The van der Waals surface area contributed by atoms with E-state index in [-0.39, 0.29) is 5.82 Å². The number of nitrogens with zero attached hydrogens (tertiary/aromatic N) is 3. The monoisotopic (exact) mass is 923 g/mol. The molecule has 0 amide bonds. The van der Waals surface area contributed by atoms with Crippen molar-refractivity contribution in [2.45, 2.75) is 72.6 Å². The lowest BCUT2D eigenvalue weighted by Crippen LogP contribution is -2.30. The SMILES string of the molecule is Cc1ccccc1-c1ccc(-c2ccc(F)cc2)c[n+]1C.Cc1ccccc1-c1ccc(-c2cccc(C3CCCC3)c2)c[n+]1C.Cc1ccccc1-c1ccc(-c2cccc(CC(C)C)c2)c[n+]1C. The molecule has 0 atom stereocenters. The molecule has 1 aliphatic rings. The first-order valence-corrected chi connectivity index (χ1v) is 25.0. The van der Waals surface area contributed by atoms with Gasteiger partial charge >= 0.3 is 0 Å². The average molecular weight is 923 g/mol. The molecule has 0 spiro atoms. The summed E-state index contributed by atoms with van der Waals surface area (Å²) in [4.78, 5) is 0. The van der Waals surface area contributed by atoms with Crippen LogP contribution in [0, 0.1) is 32.5 Å². The molecule has 1 aliphatic carbocycles. The van der Waals surface area contributed by atoms with Crippen molar-refractivity contribution in [3.8, 4) is 67.2 Å². The second-order valence-electron chi connectivity index (χ2n) is 19.6. The molecule has 3 aromatic heterocycles. The summed E-state index contributed by atoms with van der Waals surface area (Å²) in [6.45, 7) is 11.0. The smallest absolute Gasteiger partial charge is 0.207 e. The van der Waals surface area contributed by atoms with Gasteiger partial charge in [-0.25, -0.2) is 18.1 Å². The lowest BCUT2D eigenvalue weighted by atomic mass is 9.94. The number of pyridine rings is 3. The van der Waals surface area contributed by atoms with Crippen molar-refractivity contribution >= 4 is 0 Å². The van der Waals surface area contributed by atoms with E-state index in [2.05, 4.69) is 233 Å². The van der Waals surface area contributed by atoms with E-state index in [4.69, 9.17) is 0 Å². The van der Waals surface area contributed by atoms with Crippen molar-refractivity contribution in [3.63, 3.8) is 0 Å². The van der Waals surface area contributed by atoms with E-state index in [0.29, 0.717) is 5.92 Å². The molecule has 10 rings (SSSR count). The number of aryl methyl sites for hydroxylation is 6. The van der Waals surface area contributed by atoms with Gasteiger partial charge in [0.25, 0.3) is 0 Å². The minimum absolute atomic E-state index is 0.209. The Kier molecular flexibility index (Phi) is 16.1. The van der Waals surface area contributed by atoms with Crippen molar-refractivity contribution in [1.29, 1.82) is 0 Å². The summed E-state index contributed by atoms with van der Waals surface area (Å²) in [6.07, 6.45) is 13.2. The molecule has 352 valence electrons. The normalized spacial score (nSPS) is 12.3. The van der Waals surface area contributed by atoms with Gasteiger partial charge in [0.15, 0.2) is 18.6 Å². The predicted molar refractivity (Wildman–Crippen MR) is 289 cm³/mol. The highest BCUT2D eigenvalue weighted by molar-refractivity contribution is 5.69. The van der Waals surface area contributed by atoms with E-state index < -0.39 is 0 Å².